The zero-order valence-electron chi connectivity index (χ0n) is 8.29. The third-order valence-electron chi connectivity index (χ3n) is 2.38. The van der Waals surface area contributed by atoms with Crippen LogP contribution in [0.25, 0.3) is 0 Å². The summed E-state index contributed by atoms with van der Waals surface area (Å²) in [6, 6.07) is 3.80. The highest BCUT2D eigenvalue weighted by Crippen LogP contribution is 2.35. The minimum Gasteiger partial charge on any atom is -0.490 e. The van der Waals surface area contributed by atoms with Crippen molar-refractivity contribution in [1.82, 2.24) is 0 Å². The molecule has 0 aromatic heterocycles. The van der Waals surface area contributed by atoms with Crippen molar-refractivity contribution in [2.75, 3.05) is 0 Å². The summed E-state index contributed by atoms with van der Waals surface area (Å²) in [6.07, 6.45) is 0.998. The van der Waals surface area contributed by atoms with Gasteiger partial charge in [0.2, 0.25) is 0 Å². The molecule has 1 atom stereocenters. The van der Waals surface area contributed by atoms with Crippen LogP contribution < -0.4 is 4.74 Å². The van der Waals surface area contributed by atoms with E-state index in [-0.39, 0.29) is 12.5 Å². The number of aliphatic carboxylic acids is 1. The van der Waals surface area contributed by atoms with E-state index in [0.717, 1.165) is 27.8 Å². The Hall–Kier alpha value is -1.03. The molecule has 1 N–H and O–H groups in total. The van der Waals surface area contributed by atoms with Gasteiger partial charge in [0.1, 0.15) is 11.9 Å². The predicted molar refractivity (Wildman–Crippen MR) is 59.3 cm³/mol. The van der Waals surface area contributed by atoms with Gasteiger partial charge >= 0.3 is 5.97 Å². The number of rotatable bonds is 2. The van der Waals surface area contributed by atoms with Crippen molar-refractivity contribution < 1.29 is 14.6 Å². The number of hydrogen-bond donors (Lipinski definition) is 1. The van der Waals surface area contributed by atoms with Crippen molar-refractivity contribution >= 4 is 21.9 Å². The first kappa shape index (κ1) is 10.5. The minimum atomic E-state index is -0.835. The Kier molecular flexibility index (Phi) is 2.69. The van der Waals surface area contributed by atoms with Gasteiger partial charge in [-0.1, -0.05) is 15.9 Å². The molecule has 0 radical (unpaired) electrons. The van der Waals surface area contributed by atoms with Gasteiger partial charge in [0, 0.05) is 16.5 Å². The molecule has 0 fully saturated rings. The maximum atomic E-state index is 10.7. The fraction of sp³-hybridized carbons (Fsp3) is 0.364. The van der Waals surface area contributed by atoms with Crippen molar-refractivity contribution in [1.29, 1.82) is 0 Å². The highest BCUT2D eigenvalue weighted by Gasteiger charge is 2.23. The summed E-state index contributed by atoms with van der Waals surface area (Å²) < 4.78 is 6.52. The van der Waals surface area contributed by atoms with Crippen molar-refractivity contribution in [3.8, 4) is 5.75 Å². The topological polar surface area (TPSA) is 46.5 Å². The monoisotopic (exact) mass is 270 g/mol. The van der Waals surface area contributed by atoms with Gasteiger partial charge in [-0.2, -0.15) is 0 Å². The number of carboxylic acids is 1. The lowest BCUT2D eigenvalue weighted by molar-refractivity contribution is -0.136. The second kappa shape index (κ2) is 3.85. The lowest BCUT2D eigenvalue weighted by Crippen LogP contribution is -2.07. The summed E-state index contributed by atoms with van der Waals surface area (Å²) in [7, 11) is 0. The Morgan fingerprint density at radius 3 is 3.07 bits per heavy atom. The molecular weight excluding hydrogens is 260 g/mol. The average molecular weight is 271 g/mol. The molecule has 2 rings (SSSR count). The molecule has 0 amide bonds. The number of carboxylic acid groups (broad SMARTS) is 1. The summed E-state index contributed by atoms with van der Waals surface area (Å²) in [5, 5.41) is 8.78. The van der Waals surface area contributed by atoms with Crippen LogP contribution in [-0.4, -0.2) is 17.2 Å². The first-order valence-corrected chi connectivity index (χ1v) is 5.55. The molecule has 0 aliphatic carbocycles. The Balaban J connectivity index is 2.42. The van der Waals surface area contributed by atoms with E-state index >= 15 is 0 Å². The Morgan fingerprint density at radius 2 is 2.40 bits per heavy atom. The normalized spacial score (nSPS) is 18.4. The van der Waals surface area contributed by atoms with E-state index in [1.54, 1.807) is 0 Å². The molecule has 0 saturated carbocycles. The van der Waals surface area contributed by atoms with Gasteiger partial charge in [0.15, 0.2) is 0 Å². The summed E-state index contributed by atoms with van der Waals surface area (Å²) in [5.41, 5.74) is 1.84. The van der Waals surface area contributed by atoms with Crippen molar-refractivity contribution in [3.63, 3.8) is 0 Å². The SMILES string of the molecule is CC1Cc2cc(Br)cc(CC(=O)O)c2O1. The first-order chi connectivity index (χ1) is 7.06. The van der Waals surface area contributed by atoms with Crippen LogP contribution in [0.2, 0.25) is 0 Å². The van der Waals surface area contributed by atoms with Gasteiger partial charge < -0.3 is 9.84 Å². The van der Waals surface area contributed by atoms with Gasteiger partial charge in [-0.05, 0) is 24.6 Å². The fourth-order valence-corrected chi connectivity index (χ4v) is 2.41. The van der Waals surface area contributed by atoms with E-state index in [1.165, 1.54) is 0 Å². The van der Waals surface area contributed by atoms with Crippen LogP contribution in [-0.2, 0) is 17.6 Å². The molecule has 0 spiro atoms. The van der Waals surface area contributed by atoms with Gasteiger partial charge in [0.05, 0.1) is 6.42 Å². The average Bonchev–Trinajstić information content (AvgIpc) is 2.44. The van der Waals surface area contributed by atoms with E-state index in [2.05, 4.69) is 15.9 Å². The molecule has 1 aromatic rings. The molecule has 80 valence electrons. The quantitative estimate of drug-likeness (QED) is 0.898. The molecule has 1 unspecified atom stereocenters. The highest BCUT2D eigenvalue weighted by atomic mass is 79.9. The largest absolute Gasteiger partial charge is 0.490 e. The molecule has 0 bridgehead atoms. The van der Waals surface area contributed by atoms with Crippen LogP contribution in [0, 0.1) is 0 Å². The number of carbonyl (C=O) groups is 1. The summed E-state index contributed by atoms with van der Waals surface area (Å²) in [5.74, 6) is -0.0773. The van der Waals surface area contributed by atoms with Gasteiger partial charge in [-0.15, -0.1) is 0 Å². The Labute approximate surface area is 96.2 Å². The molecule has 1 aliphatic heterocycles. The second-order valence-electron chi connectivity index (χ2n) is 3.76. The fourth-order valence-electron chi connectivity index (χ4n) is 1.86. The molecule has 4 heteroatoms. The third-order valence-corrected chi connectivity index (χ3v) is 2.83. The predicted octanol–water partition coefficient (Wildman–Crippen LogP) is 2.40. The standard InChI is InChI=1S/C11H11BrO3/c1-6-2-7-3-9(12)4-8(5-10(13)14)11(7)15-6/h3-4,6H,2,5H2,1H3,(H,13,14). The van der Waals surface area contributed by atoms with E-state index in [1.807, 2.05) is 19.1 Å². The first-order valence-electron chi connectivity index (χ1n) is 4.76. The van der Waals surface area contributed by atoms with E-state index in [0.29, 0.717) is 0 Å². The van der Waals surface area contributed by atoms with E-state index in [9.17, 15) is 4.79 Å². The summed E-state index contributed by atoms with van der Waals surface area (Å²) in [6.45, 7) is 1.98. The number of fused-ring (bicyclic) bond motifs is 1. The second-order valence-corrected chi connectivity index (χ2v) is 4.67. The van der Waals surface area contributed by atoms with Gasteiger partial charge in [0.25, 0.3) is 0 Å². The summed E-state index contributed by atoms with van der Waals surface area (Å²) in [4.78, 5) is 10.7. The molecule has 1 heterocycles. The Bertz CT molecular complexity index is 415. The van der Waals surface area contributed by atoms with Crippen LogP contribution in [0.1, 0.15) is 18.1 Å². The van der Waals surface area contributed by atoms with E-state index in [4.69, 9.17) is 9.84 Å². The zero-order valence-corrected chi connectivity index (χ0v) is 9.87. The number of benzene rings is 1. The van der Waals surface area contributed by atoms with E-state index < -0.39 is 5.97 Å². The highest BCUT2D eigenvalue weighted by molar-refractivity contribution is 9.10. The smallest absolute Gasteiger partial charge is 0.307 e. The van der Waals surface area contributed by atoms with Crippen LogP contribution in [0.5, 0.6) is 5.75 Å². The number of ether oxygens (including phenoxy) is 1. The van der Waals surface area contributed by atoms with Crippen molar-refractivity contribution in [2.45, 2.75) is 25.9 Å². The zero-order chi connectivity index (χ0) is 11.0. The summed E-state index contributed by atoms with van der Waals surface area (Å²) >= 11 is 3.38. The molecule has 3 nitrogen and oxygen atoms in total. The third kappa shape index (κ3) is 2.15. The molecule has 1 aromatic carbocycles. The Morgan fingerprint density at radius 1 is 1.67 bits per heavy atom. The molecule has 1 aliphatic rings. The van der Waals surface area contributed by atoms with Crippen molar-refractivity contribution in [2.24, 2.45) is 0 Å². The lowest BCUT2D eigenvalue weighted by atomic mass is 10.0. The number of hydrogen-bond acceptors (Lipinski definition) is 2. The van der Waals surface area contributed by atoms with Gasteiger partial charge in [-0.25, -0.2) is 0 Å². The molecule has 0 saturated heterocycles. The van der Waals surface area contributed by atoms with Crippen LogP contribution in [0.15, 0.2) is 16.6 Å². The maximum Gasteiger partial charge on any atom is 0.307 e. The minimum absolute atomic E-state index is 0.00843. The lowest BCUT2D eigenvalue weighted by Gasteiger charge is -2.08. The van der Waals surface area contributed by atoms with Crippen molar-refractivity contribution in [3.05, 3.63) is 27.7 Å². The van der Waals surface area contributed by atoms with Crippen LogP contribution >= 0.6 is 15.9 Å². The molecule has 15 heavy (non-hydrogen) atoms. The maximum absolute atomic E-state index is 10.7. The van der Waals surface area contributed by atoms with Gasteiger partial charge in [-0.3, -0.25) is 4.79 Å². The van der Waals surface area contributed by atoms with Crippen LogP contribution in [0.4, 0.5) is 0 Å². The molecular formula is C11H11BrO3. The number of halogens is 1. The van der Waals surface area contributed by atoms with Crippen LogP contribution in [0.3, 0.4) is 0 Å².